The van der Waals surface area contributed by atoms with Crippen LogP contribution in [0.4, 0.5) is 0 Å². The van der Waals surface area contributed by atoms with E-state index in [2.05, 4.69) is 5.32 Å². The highest BCUT2D eigenvalue weighted by Crippen LogP contribution is 2.14. The summed E-state index contributed by atoms with van der Waals surface area (Å²) in [5, 5.41) is 11.2. The molecule has 1 amide bonds. The molecule has 0 saturated heterocycles. The quantitative estimate of drug-likeness (QED) is 0.464. The normalized spacial score (nSPS) is 14.6. The Kier molecular flexibility index (Phi) is 5.11. The predicted molar refractivity (Wildman–Crippen MR) is 49.4 cm³/mol. The van der Waals surface area contributed by atoms with Crippen LogP contribution in [0.15, 0.2) is 0 Å². The summed E-state index contributed by atoms with van der Waals surface area (Å²) in [6, 6.07) is 0. The fraction of sp³-hybridized carbons (Fsp3) is 0.778. The van der Waals surface area contributed by atoms with Gasteiger partial charge in [0, 0.05) is 0 Å². The van der Waals surface area contributed by atoms with E-state index in [-0.39, 0.29) is 0 Å². The average Bonchev–Trinajstić information content (AvgIpc) is 2.05. The van der Waals surface area contributed by atoms with Crippen molar-refractivity contribution in [3.05, 3.63) is 0 Å². The molecule has 0 aromatic rings. The Morgan fingerprint density at radius 1 is 1.54 bits per heavy atom. The summed E-state index contributed by atoms with van der Waals surface area (Å²) in [6.07, 6.45) is 3.77. The Balaban J connectivity index is 4.07. The van der Waals surface area contributed by atoms with E-state index in [0.29, 0.717) is 12.8 Å². The third-order valence-corrected chi connectivity index (χ3v) is 2.13. The summed E-state index contributed by atoms with van der Waals surface area (Å²) in [4.78, 5) is 21.0. The largest absolute Gasteiger partial charge is 0.480 e. The number of nitrogens with one attached hydrogen (secondary N) is 1. The van der Waals surface area contributed by atoms with Gasteiger partial charge in [0.15, 0.2) is 0 Å². The molecule has 4 heteroatoms. The highest BCUT2D eigenvalue weighted by molar-refractivity contribution is 5.80. The molecule has 0 aliphatic carbocycles. The van der Waals surface area contributed by atoms with E-state index >= 15 is 0 Å². The van der Waals surface area contributed by atoms with Crippen LogP contribution in [0.3, 0.4) is 0 Å². The van der Waals surface area contributed by atoms with Gasteiger partial charge < -0.3 is 10.4 Å². The van der Waals surface area contributed by atoms with Crippen LogP contribution in [0, 0.1) is 0 Å². The SMILES string of the molecule is CCCCCC(C)(NC=O)C(=O)O. The molecule has 0 aliphatic rings. The number of hydrogen-bond acceptors (Lipinski definition) is 2. The predicted octanol–water partition coefficient (Wildman–Crippen LogP) is 1.16. The number of hydrogen-bond donors (Lipinski definition) is 2. The van der Waals surface area contributed by atoms with Gasteiger partial charge in [0.25, 0.3) is 0 Å². The number of carboxylic acid groups (broad SMARTS) is 1. The maximum Gasteiger partial charge on any atom is 0.329 e. The van der Waals surface area contributed by atoms with Crippen molar-refractivity contribution in [2.24, 2.45) is 0 Å². The van der Waals surface area contributed by atoms with E-state index in [1.54, 1.807) is 0 Å². The summed E-state index contributed by atoms with van der Waals surface area (Å²) < 4.78 is 0. The molecule has 0 heterocycles. The van der Waals surface area contributed by atoms with Crippen molar-refractivity contribution in [1.82, 2.24) is 5.32 Å². The Morgan fingerprint density at radius 2 is 2.15 bits per heavy atom. The topological polar surface area (TPSA) is 66.4 Å². The summed E-state index contributed by atoms with van der Waals surface area (Å²) in [5.74, 6) is -0.976. The van der Waals surface area contributed by atoms with Gasteiger partial charge >= 0.3 is 5.97 Å². The van der Waals surface area contributed by atoms with E-state index < -0.39 is 11.5 Å². The van der Waals surface area contributed by atoms with Crippen LogP contribution in [-0.4, -0.2) is 23.0 Å². The molecule has 1 unspecified atom stereocenters. The zero-order valence-corrected chi connectivity index (χ0v) is 8.17. The first-order chi connectivity index (χ1) is 6.06. The molecule has 1 atom stereocenters. The molecule has 0 spiro atoms. The van der Waals surface area contributed by atoms with Gasteiger partial charge in [-0.25, -0.2) is 4.79 Å². The Bertz CT molecular complexity index is 182. The number of rotatable bonds is 7. The van der Waals surface area contributed by atoms with Crippen LogP contribution >= 0.6 is 0 Å². The van der Waals surface area contributed by atoms with Gasteiger partial charge in [-0.3, -0.25) is 4.79 Å². The number of carbonyl (C=O) groups excluding carboxylic acids is 1. The number of amides is 1. The van der Waals surface area contributed by atoms with E-state index in [1.165, 1.54) is 6.92 Å². The summed E-state index contributed by atoms with van der Waals surface area (Å²) in [6.45, 7) is 3.57. The molecule has 0 aromatic heterocycles. The molecule has 0 fully saturated rings. The first kappa shape index (κ1) is 11.9. The van der Waals surface area contributed by atoms with Gasteiger partial charge in [0.05, 0.1) is 0 Å². The molecule has 4 nitrogen and oxygen atoms in total. The smallest absolute Gasteiger partial charge is 0.329 e. The summed E-state index contributed by atoms with van der Waals surface area (Å²) in [5.41, 5.74) is -1.10. The van der Waals surface area contributed by atoms with Crippen molar-refractivity contribution in [2.75, 3.05) is 0 Å². The van der Waals surface area contributed by atoms with Crippen LogP contribution in [0.2, 0.25) is 0 Å². The third kappa shape index (κ3) is 3.92. The van der Waals surface area contributed by atoms with Crippen LogP contribution < -0.4 is 5.32 Å². The second-order valence-electron chi connectivity index (χ2n) is 3.36. The first-order valence-corrected chi connectivity index (χ1v) is 4.51. The number of carboxylic acids is 1. The molecule has 0 radical (unpaired) electrons. The molecule has 0 aliphatic heterocycles. The summed E-state index contributed by atoms with van der Waals surface area (Å²) in [7, 11) is 0. The molecule has 0 saturated carbocycles. The van der Waals surface area contributed by atoms with Crippen molar-refractivity contribution >= 4 is 12.4 Å². The lowest BCUT2D eigenvalue weighted by atomic mass is 9.95. The van der Waals surface area contributed by atoms with Gasteiger partial charge in [-0.15, -0.1) is 0 Å². The summed E-state index contributed by atoms with van der Waals surface area (Å²) >= 11 is 0. The molecule has 2 N–H and O–H groups in total. The minimum absolute atomic E-state index is 0.445. The van der Waals surface area contributed by atoms with Crippen molar-refractivity contribution in [1.29, 1.82) is 0 Å². The lowest BCUT2D eigenvalue weighted by molar-refractivity contribution is -0.145. The zero-order chi connectivity index (χ0) is 10.3. The highest BCUT2D eigenvalue weighted by atomic mass is 16.4. The van der Waals surface area contributed by atoms with Crippen LogP contribution in [0.5, 0.6) is 0 Å². The average molecular weight is 187 g/mol. The van der Waals surface area contributed by atoms with Crippen LogP contribution in [-0.2, 0) is 9.59 Å². The Labute approximate surface area is 78.3 Å². The third-order valence-electron chi connectivity index (χ3n) is 2.13. The van der Waals surface area contributed by atoms with Gasteiger partial charge in [-0.1, -0.05) is 26.2 Å². The minimum Gasteiger partial charge on any atom is -0.480 e. The lowest BCUT2D eigenvalue weighted by Crippen LogP contribution is -2.48. The second-order valence-corrected chi connectivity index (χ2v) is 3.36. The van der Waals surface area contributed by atoms with E-state index in [9.17, 15) is 9.59 Å². The van der Waals surface area contributed by atoms with Gasteiger partial charge in [0.2, 0.25) is 6.41 Å². The number of aliphatic carboxylic acids is 1. The molecule has 0 bridgehead atoms. The molecular formula is C9H17NO3. The molecule has 76 valence electrons. The van der Waals surface area contributed by atoms with E-state index in [0.717, 1.165) is 19.3 Å². The fourth-order valence-electron chi connectivity index (χ4n) is 1.10. The van der Waals surface area contributed by atoms with Crippen molar-refractivity contribution in [3.8, 4) is 0 Å². The standard InChI is InChI=1S/C9H17NO3/c1-3-4-5-6-9(2,8(12)13)10-7-11/h7H,3-6H2,1-2H3,(H,10,11)(H,12,13). The van der Waals surface area contributed by atoms with E-state index in [4.69, 9.17) is 5.11 Å². The molecule has 0 rings (SSSR count). The molecule has 13 heavy (non-hydrogen) atoms. The maximum absolute atomic E-state index is 10.8. The van der Waals surface area contributed by atoms with E-state index in [1.807, 2.05) is 6.92 Å². The monoisotopic (exact) mass is 187 g/mol. The van der Waals surface area contributed by atoms with Crippen molar-refractivity contribution in [3.63, 3.8) is 0 Å². The second kappa shape index (κ2) is 5.56. The Hall–Kier alpha value is -1.06. The lowest BCUT2D eigenvalue weighted by Gasteiger charge is -2.23. The van der Waals surface area contributed by atoms with Gasteiger partial charge in [-0.2, -0.15) is 0 Å². The zero-order valence-electron chi connectivity index (χ0n) is 8.17. The first-order valence-electron chi connectivity index (χ1n) is 4.51. The van der Waals surface area contributed by atoms with Crippen molar-refractivity contribution in [2.45, 2.75) is 45.1 Å². The van der Waals surface area contributed by atoms with Crippen LogP contribution in [0.25, 0.3) is 0 Å². The fourth-order valence-corrected chi connectivity index (χ4v) is 1.10. The Morgan fingerprint density at radius 3 is 2.54 bits per heavy atom. The number of unbranched alkanes of at least 4 members (excludes halogenated alkanes) is 2. The minimum atomic E-state index is -1.10. The van der Waals surface area contributed by atoms with Gasteiger partial charge in [0.1, 0.15) is 5.54 Å². The molecular weight excluding hydrogens is 170 g/mol. The molecule has 0 aromatic carbocycles. The highest BCUT2D eigenvalue weighted by Gasteiger charge is 2.31. The number of carbonyl (C=O) groups is 2. The van der Waals surface area contributed by atoms with Crippen LogP contribution in [0.1, 0.15) is 39.5 Å². The van der Waals surface area contributed by atoms with Crippen molar-refractivity contribution < 1.29 is 14.7 Å². The van der Waals surface area contributed by atoms with Gasteiger partial charge in [-0.05, 0) is 13.3 Å². The maximum atomic E-state index is 10.8.